The Morgan fingerprint density at radius 2 is 2.19 bits per heavy atom. The molecule has 1 aromatic rings. The van der Waals surface area contributed by atoms with Crippen LogP contribution in [-0.2, 0) is 4.74 Å². The number of carbonyl (C=O) groups excluding carboxylic acids is 2. The molecule has 0 aliphatic carbocycles. The average molecular weight is 291 g/mol. The lowest BCUT2D eigenvalue weighted by atomic mass is 10.2. The van der Waals surface area contributed by atoms with Crippen LogP contribution < -0.4 is 5.32 Å². The molecule has 1 saturated heterocycles. The summed E-state index contributed by atoms with van der Waals surface area (Å²) in [7, 11) is 0. The second-order valence-electron chi connectivity index (χ2n) is 6.12. The van der Waals surface area contributed by atoms with E-state index in [4.69, 9.17) is 4.74 Å². The van der Waals surface area contributed by atoms with Gasteiger partial charge in [0.2, 0.25) is 0 Å². The molecule has 0 saturated carbocycles. The SMILES string of the molecule is CC(C)(C)OC(=O)NC1CCN(C(=O)c2cccnc2)C1. The quantitative estimate of drug-likeness (QED) is 0.902. The number of aromatic nitrogens is 1. The molecule has 2 amide bonds. The Labute approximate surface area is 124 Å². The Kier molecular flexibility index (Phi) is 4.45. The van der Waals surface area contributed by atoms with Gasteiger partial charge in [0.1, 0.15) is 5.60 Å². The molecule has 1 unspecified atom stereocenters. The molecule has 1 fully saturated rings. The summed E-state index contributed by atoms with van der Waals surface area (Å²) in [6.45, 7) is 6.57. The van der Waals surface area contributed by atoms with Crippen LogP contribution in [0.5, 0.6) is 0 Å². The molecule has 1 aliphatic rings. The maximum Gasteiger partial charge on any atom is 0.407 e. The number of nitrogens with zero attached hydrogens (tertiary/aromatic N) is 2. The highest BCUT2D eigenvalue weighted by Crippen LogP contribution is 2.14. The highest BCUT2D eigenvalue weighted by molar-refractivity contribution is 5.94. The van der Waals surface area contributed by atoms with Crippen LogP contribution in [0.25, 0.3) is 0 Å². The van der Waals surface area contributed by atoms with Crippen LogP contribution in [0.3, 0.4) is 0 Å². The van der Waals surface area contributed by atoms with Gasteiger partial charge in [0.15, 0.2) is 0 Å². The minimum atomic E-state index is -0.520. The summed E-state index contributed by atoms with van der Waals surface area (Å²) in [5.41, 5.74) is 0.0453. The molecule has 0 radical (unpaired) electrons. The van der Waals surface area contributed by atoms with E-state index in [0.29, 0.717) is 18.7 Å². The molecule has 2 rings (SSSR count). The smallest absolute Gasteiger partial charge is 0.407 e. The lowest BCUT2D eigenvalue weighted by Gasteiger charge is -2.22. The number of amides is 2. The fraction of sp³-hybridized carbons (Fsp3) is 0.533. The predicted molar refractivity (Wildman–Crippen MR) is 77.9 cm³/mol. The second-order valence-corrected chi connectivity index (χ2v) is 6.12. The standard InChI is InChI=1S/C15H21N3O3/c1-15(2,3)21-14(20)17-12-6-8-18(10-12)13(19)11-5-4-7-16-9-11/h4-5,7,9,12H,6,8,10H2,1-3H3,(H,17,20). The molecule has 1 N–H and O–H groups in total. The Morgan fingerprint density at radius 1 is 1.43 bits per heavy atom. The summed E-state index contributed by atoms with van der Waals surface area (Å²) in [4.78, 5) is 29.6. The van der Waals surface area contributed by atoms with E-state index in [-0.39, 0.29) is 11.9 Å². The Morgan fingerprint density at radius 3 is 2.81 bits per heavy atom. The van der Waals surface area contributed by atoms with Gasteiger partial charge in [0, 0.05) is 25.5 Å². The molecule has 2 heterocycles. The van der Waals surface area contributed by atoms with Crippen molar-refractivity contribution < 1.29 is 14.3 Å². The predicted octanol–water partition coefficient (Wildman–Crippen LogP) is 1.82. The number of carbonyl (C=O) groups is 2. The largest absolute Gasteiger partial charge is 0.444 e. The van der Waals surface area contributed by atoms with Crippen LogP contribution in [0.4, 0.5) is 4.79 Å². The van der Waals surface area contributed by atoms with Gasteiger partial charge in [-0.05, 0) is 39.3 Å². The molecule has 21 heavy (non-hydrogen) atoms. The maximum atomic E-state index is 12.2. The van der Waals surface area contributed by atoms with Crippen LogP contribution in [0.2, 0.25) is 0 Å². The van der Waals surface area contributed by atoms with Crippen LogP contribution in [0.15, 0.2) is 24.5 Å². The molecule has 114 valence electrons. The third kappa shape index (κ3) is 4.44. The van der Waals surface area contributed by atoms with Gasteiger partial charge in [-0.1, -0.05) is 0 Å². The summed E-state index contributed by atoms with van der Waals surface area (Å²) < 4.78 is 5.22. The molecule has 6 heteroatoms. The molecule has 6 nitrogen and oxygen atoms in total. The van der Waals surface area contributed by atoms with E-state index in [1.807, 2.05) is 20.8 Å². The van der Waals surface area contributed by atoms with Crippen LogP contribution >= 0.6 is 0 Å². The number of nitrogens with one attached hydrogen (secondary N) is 1. The fourth-order valence-corrected chi connectivity index (χ4v) is 2.21. The normalized spacial score (nSPS) is 18.4. The number of alkyl carbamates (subject to hydrolysis) is 1. The Bertz CT molecular complexity index is 511. The van der Waals surface area contributed by atoms with Gasteiger partial charge in [0.25, 0.3) is 5.91 Å². The Balaban J connectivity index is 1.86. The first-order valence-corrected chi connectivity index (χ1v) is 7.04. The number of ether oxygens (including phenoxy) is 1. The highest BCUT2D eigenvalue weighted by Gasteiger charge is 2.29. The van der Waals surface area contributed by atoms with E-state index in [2.05, 4.69) is 10.3 Å². The number of hydrogen-bond acceptors (Lipinski definition) is 4. The number of hydrogen-bond donors (Lipinski definition) is 1. The van der Waals surface area contributed by atoms with E-state index in [0.717, 1.165) is 6.42 Å². The van der Waals surface area contributed by atoms with Crippen molar-refractivity contribution in [3.63, 3.8) is 0 Å². The zero-order valence-electron chi connectivity index (χ0n) is 12.6. The van der Waals surface area contributed by atoms with E-state index in [1.165, 1.54) is 0 Å². The monoisotopic (exact) mass is 291 g/mol. The third-order valence-corrected chi connectivity index (χ3v) is 3.10. The van der Waals surface area contributed by atoms with Crippen molar-refractivity contribution in [3.05, 3.63) is 30.1 Å². The number of likely N-dealkylation sites (tertiary alicyclic amines) is 1. The van der Waals surface area contributed by atoms with Gasteiger partial charge in [-0.15, -0.1) is 0 Å². The zero-order chi connectivity index (χ0) is 15.5. The van der Waals surface area contributed by atoms with Crippen molar-refractivity contribution >= 4 is 12.0 Å². The van der Waals surface area contributed by atoms with Crippen molar-refractivity contribution in [2.75, 3.05) is 13.1 Å². The molecule has 0 spiro atoms. The second kappa shape index (κ2) is 6.11. The van der Waals surface area contributed by atoms with Crippen molar-refractivity contribution in [3.8, 4) is 0 Å². The first-order valence-electron chi connectivity index (χ1n) is 7.04. The van der Waals surface area contributed by atoms with E-state index < -0.39 is 11.7 Å². The van der Waals surface area contributed by atoms with Gasteiger partial charge in [0.05, 0.1) is 11.6 Å². The minimum absolute atomic E-state index is 0.0587. The zero-order valence-corrected chi connectivity index (χ0v) is 12.6. The van der Waals surface area contributed by atoms with Crippen LogP contribution in [0, 0.1) is 0 Å². The van der Waals surface area contributed by atoms with Crippen molar-refractivity contribution in [1.29, 1.82) is 0 Å². The summed E-state index contributed by atoms with van der Waals surface area (Å²) >= 11 is 0. The molecule has 1 aromatic heterocycles. The minimum Gasteiger partial charge on any atom is -0.444 e. The van der Waals surface area contributed by atoms with Crippen molar-refractivity contribution in [1.82, 2.24) is 15.2 Å². The lowest BCUT2D eigenvalue weighted by molar-refractivity contribution is 0.0502. The summed E-state index contributed by atoms with van der Waals surface area (Å²) in [6.07, 6.45) is 3.47. The molecule has 1 aliphatic heterocycles. The summed E-state index contributed by atoms with van der Waals surface area (Å²) in [6, 6.07) is 3.41. The summed E-state index contributed by atoms with van der Waals surface area (Å²) in [5, 5.41) is 2.80. The maximum absolute atomic E-state index is 12.2. The molecule has 1 atom stereocenters. The Hall–Kier alpha value is -2.11. The van der Waals surface area contributed by atoms with Crippen molar-refractivity contribution in [2.24, 2.45) is 0 Å². The number of pyridine rings is 1. The molecule has 0 bridgehead atoms. The van der Waals surface area contributed by atoms with E-state index in [9.17, 15) is 9.59 Å². The van der Waals surface area contributed by atoms with Crippen LogP contribution in [0.1, 0.15) is 37.6 Å². The fourth-order valence-electron chi connectivity index (χ4n) is 2.21. The topological polar surface area (TPSA) is 71.5 Å². The molecule has 0 aromatic carbocycles. The third-order valence-electron chi connectivity index (χ3n) is 3.10. The van der Waals surface area contributed by atoms with Crippen LogP contribution in [-0.4, -0.2) is 46.6 Å². The van der Waals surface area contributed by atoms with Gasteiger partial charge in [-0.3, -0.25) is 9.78 Å². The van der Waals surface area contributed by atoms with Gasteiger partial charge in [-0.2, -0.15) is 0 Å². The van der Waals surface area contributed by atoms with Crippen molar-refractivity contribution in [2.45, 2.75) is 38.8 Å². The first kappa shape index (κ1) is 15.3. The van der Waals surface area contributed by atoms with Gasteiger partial charge in [-0.25, -0.2) is 4.79 Å². The van der Waals surface area contributed by atoms with E-state index in [1.54, 1.807) is 29.4 Å². The molecular weight excluding hydrogens is 270 g/mol. The van der Waals surface area contributed by atoms with Gasteiger partial charge < -0.3 is 15.0 Å². The summed E-state index contributed by atoms with van der Waals surface area (Å²) in [5.74, 6) is -0.0587. The average Bonchev–Trinajstić information content (AvgIpc) is 2.85. The molecular formula is C15H21N3O3. The highest BCUT2D eigenvalue weighted by atomic mass is 16.6. The van der Waals surface area contributed by atoms with E-state index >= 15 is 0 Å². The lowest BCUT2D eigenvalue weighted by Crippen LogP contribution is -2.41. The van der Waals surface area contributed by atoms with Gasteiger partial charge >= 0.3 is 6.09 Å². The number of rotatable bonds is 2. The first-order chi connectivity index (χ1) is 9.85.